The molecule has 4 saturated carbocycles. The molecule has 1 saturated heterocycles. The third kappa shape index (κ3) is 5.10. The third-order valence-electron chi connectivity index (χ3n) is 9.75. The van der Waals surface area contributed by atoms with E-state index < -0.39 is 35.5 Å². The Morgan fingerprint density at radius 2 is 1.51 bits per heavy atom. The van der Waals surface area contributed by atoms with Crippen molar-refractivity contribution >= 4 is 29.3 Å². The average Bonchev–Trinajstić information content (AvgIpc) is 3.13. The summed E-state index contributed by atoms with van der Waals surface area (Å²) in [6.45, 7) is 1.57. The van der Waals surface area contributed by atoms with E-state index in [9.17, 15) is 23.6 Å². The van der Waals surface area contributed by atoms with Gasteiger partial charge >= 0.3 is 0 Å². The fraction of sp³-hybridized carbons (Fsp3) is 0.667. The highest BCUT2D eigenvalue weighted by Gasteiger charge is 2.50. The van der Waals surface area contributed by atoms with Crippen LogP contribution in [0.5, 0.6) is 0 Å². The number of rotatable bonds is 11. The van der Waals surface area contributed by atoms with Crippen molar-refractivity contribution in [3.8, 4) is 0 Å². The van der Waals surface area contributed by atoms with Crippen LogP contribution >= 0.6 is 0 Å². The highest BCUT2D eigenvalue weighted by molar-refractivity contribution is 6.25. The number of hydrogen-bond acceptors (Lipinski definition) is 6. The van der Waals surface area contributed by atoms with Crippen LogP contribution in [0.25, 0.3) is 0 Å². The standard InChI is InChI=1S/C30H39FN4O4/c31-22-7-6-21-25(29(39)35(28(21)38)23-8-9-24(36)34-27(23)37)26(22)32-10-4-2-1-3-5-11-33-30-15-18-12-19(16-30)14-20(13-18)17-30/h6-7,18-20,23,32-33H,1-5,8-17H2,(H,34,36,37). The first-order valence-electron chi connectivity index (χ1n) is 14.9. The molecule has 2 aliphatic heterocycles. The first-order chi connectivity index (χ1) is 18.8. The lowest BCUT2D eigenvalue weighted by Gasteiger charge is -2.57. The van der Waals surface area contributed by atoms with Gasteiger partial charge in [-0.1, -0.05) is 19.3 Å². The first-order valence-corrected chi connectivity index (χ1v) is 14.9. The van der Waals surface area contributed by atoms with Crippen LogP contribution < -0.4 is 16.0 Å². The normalized spacial score (nSPS) is 31.2. The number of unbranched alkanes of at least 4 members (excludes halogenated alkanes) is 4. The van der Waals surface area contributed by atoms with Crippen LogP contribution in [0.3, 0.4) is 0 Å². The molecule has 5 fully saturated rings. The zero-order chi connectivity index (χ0) is 27.1. The van der Waals surface area contributed by atoms with Crippen molar-refractivity contribution in [2.24, 2.45) is 17.8 Å². The molecule has 6 aliphatic rings. The molecule has 1 unspecified atom stereocenters. The Hall–Kier alpha value is -2.81. The van der Waals surface area contributed by atoms with E-state index in [1.807, 2.05) is 0 Å². The van der Waals surface area contributed by atoms with Crippen LogP contribution in [0.2, 0.25) is 0 Å². The SMILES string of the molecule is O=C1CCC(N2C(=O)c3ccc(F)c(NCCCCCCCNC45CC6CC(CC(C6)C4)C5)c3C2=O)C(=O)N1. The van der Waals surface area contributed by atoms with Gasteiger partial charge in [-0.2, -0.15) is 0 Å². The molecule has 4 amide bonds. The Morgan fingerprint density at radius 1 is 0.872 bits per heavy atom. The molecule has 1 atom stereocenters. The molecule has 1 aromatic rings. The van der Waals surface area contributed by atoms with Crippen LogP contribution in [0.15, 0.2) is 12.1 Å². The summed E-state index contributed by atoms with van der Waals surface area (Å²) in [7, 11) is 0. The van der Waals surface area contributed by atoms with Crippen molar-refractivity contribution in [1.82, 2.24) is 15.5 Å². The van der Waals surface area contributed by atoms with E-state index in [4.69, 9.17) is 0 Å². The second kappa shape index (κ2) is 10.6. The molecule has 4 aliphatic carbocycles. The highest BCUT2D eigenvalue weighted by atomic mass is 19.1. The van der Waals surface area contributed by atoms with Gasteiger partial charge in [-0.3, -0.25) is 29.4 Å². The number of halogens is 1. The number of amides is 4. The second-order valence-corrected chi connectivity index (χ2v) is 12.6. The Balaban J connectivity index is 0.947. The van der Waals surface area contributed by atoms with Gasteiger partial charge in [0.1, 0.15) is 11.9 Å². The van der Waals surface area contributed by atoms with Gasteiger partial charge in [-0.15, -0.1) is 0 Å². The molecule has 2 heterocycles. The number of nitrogens with zero attached hydrogens (tertiary/aromatic N) is 1. The number of hydrogen-bond donors (Lipinski definition) is 3. The highest BCUT2D eigenvalue weighted by Crippen LogP contribution is 2.55. The van der Waals surface area contributed by atoms with Crippen molar-refractivity contribution in [2.75, 3.05) is 18.4 Å². The first kappa shape index (κ1) is 26.4. The van der Waals surface area contributed by atoms with Crippen LogP contribution in [0, 0.1) is 23.6 Å². The summed E-state index contributed by atoms with van der Waals surface area (Å²) in [5.41, 5.74) is 0.492. The molecule has 0 radical (unpaired) electrons. The Labute approximate surface area is 228 Å². The monoisotopic (exact) mass is 538 g/mol. The van der Waals surface area contributed by atoms with E-state index in [0.717, 1.165) is 54.9 Å². The lowest BCUT2D eigenvalue weighted by Crippen LogP contribution is -2.58. The quantitative estimate of drug-likeness (QED) is 0.289. The van der Waals surface area contributed by atoms with Gasteiger partial charge in [-0.25, -0.2) is 4.39 Å². The largest absolute Gasteiger partial charge is 0.382 e. The van der Waals surface area contributed by atoms with Crippen LogP contribution in [0.4, 0.5) is 10.1 Å². The van der Waals surface area contributed by atoms with Crippen LogP contribution in [-0.2, 0) is 9.59 Å². The molecule has 0 aromatic heterocycles. The van der Waals surface area contributed by atoms with E-state index in [1.54, 1.807) is 0 Å². The topological polar surface area (TPSA) is 108 Å². The van der Waals surface area contributed by atoms with Crippen LogP contribution in [0.1, 0.15) is 104 Å². The molecule has 39 heavy (non-hydrogen) atoms. The van der Waals surface area contributed by atoms with E-state index >= 15 is 0 Å². The molecule has 7 rings (SSSR count). The molecule has 0 spiro atoms. The second-order valence-electron chi connectivity index (χ2n) is 12.6. The minimum Gasteiger partial charge on any atom is -0.382 e. The number of nitrogens with one attached hydrogen (secondary N) is 3. The molecule has 4 bridgehead atoms. The lowest BCUT2D eigenvalue weighted by molar-refractivity contribution is -0.136. The number of carbonyl (C=O) groups is 4. The van der Waals surface area contributed by atoms with Gasteiger partial charge in [0.15, 0.2) is 0 Å². The summed E-state index contributed by atoms with van der Waals surface area (Å²) in [6.07, 6.45) is 13.9. The van der Waals surface area contributed by atoms with E-state index in [2.05, 4.69) is 16.0 Å². The third-order valence-corrected chi connectivity index (χ3v) is 9.75. The number of benzene rings is 1. The van der Waals surface area contributed by atoms with Crippen LogP contribution in [-0.4, -0.2) is 53.2 Å². The Kier molecular flexibility index (Phi) is 7.20. The molecule has 210 valence electrons. The maximum Gasteiger partial charge on any atom is 0.264 e. The smallest absolute Gasteiger partial charge is 0.264 e. The number of fused-ring (bicyclic) bond motifs is 1. The summed E-state index contributed by atoms with van der Waals surface area (Å²) in [5, 5.41) is 9.18. The average molecular weight is 539 g/mol. The minimum atomic E-state index is -1.07. The van der Waals surface area contributed by atoms with E-state index in [-0.39, 0.29) is 29.7 Å². The van der Waals surface area contributed by atoms with Crippen molar-refractivity contribution in [3.63, 3.8) is 0 Å². The maximum absolute atomic E-state index is 14.8. The Bertz CT molecular complexity index is 1150. The molecule has 9 heteroatoms. The van der Waals surface area contributed by atoms with Gasteiger partial charge in [0.2, 0.25) is 11.8 Å². The van der Waals surface area contributed by atoms with Gasteiger partial charge in [0.05, 0.1) is 16.8 Å². The zero-order valence-electron chi connectivity index (χ0n) is 22.5. The lowest BCUT2D eigenvalue weighted by atomic mass is 9.53. The van der Waals surface area contributed by atoms with E-state index in [0.29, 0.717) is 12.1 Å². The zero-order valence-corrected chi connectivity index (χ0v) is 22.5. The number of piperidine rings is 1. The minimum absolute atomic E-state index is 0.0143. The Morgan fingerprint density at radius 3 is 2.18 bits per heavy atom. The molecule has 8 nitrogen and oxygen atoms in total. The molecular weight excluding hydrogens is 499 g/mol. The fourth-order valence-corrected chi connectivity index (χ4v) is 8.38. The fourth-order valence-electron chi connectivity index (χ4n) is 8.38. The predicted octanol–water partition coefficient (Wildman–Crippen LogP) is 4.15. The summed E-state index contributed by atoms with van der Waals surface area (Å²) < 4.78 is 14.8. The van der Waals surface area contributed by atoms with Crippen molar-refractivity contribution in [2.45, 2.75) is 95.1 Å². The number of imide groups is 2. The summed E-state index contributed by atoms with van der Waals surface area (Å²) in [4.78, 5) is 50.8. The summed E-state index contributed by atoms with van der Waals surface area (Å²) in [6, 6.07) is 1.40. The molecule has 1 aromatic carbocycles. The van der Waals surface area contributed by atoms with Crippen molar-refractivity contribution in [3.05, 3.63) is 29.1 Å². The van der Waals surface area contributed by atoms with Gasteiger partial charge in [0.25, 0.3) is 11.8 Å². The van der Waals surface area contributed by atoms with Crippen molar-refractivity contribution in [1.29, 1.82) is 0 Å². The van der Waals surface area contributed by atoms with Crippen molar-refractivity contribution < 1.29 is 23.6 Å². The summed E-state index contributed by atoms with van der Waals surface area (Å²) >= 11 is 0. The molecule has 3 N–H and O–H groups in total. The van der Waals surface area contributed by atoms with Gasteiger partial charge < -0.3 is 10.6 Å². The number of anilines is 1. The number of carbonyl (C=O) groups excluding carboxylic acids is 4. The van der Waals surface area contributed by atoms with E-state index in [1.165, 1.54) is 57.1 Å². The molecular formula is C30H39FN4O4. The predicted molar refractivity (Wildman–Crippen MR) is 144 cm³/mol. The van der Waals surface area contributed by atoms with Gasteiger partial charge in [0, 0.05) is 18.5 Å². The maximum atomic E-state index is 14.8. The van der Waals surface area contributed by atoms with Gasteiger partial charge in [-0.05, 0) is 94.2 Å². The summed E-state index contributed by atoms with van der Waals surface area (Å²) in [5.74, 6) is -0.157.